The molecule has 3 rings (SSSR count). The van der Waals surface area contributed by atoms with Crippen molar-refractivity contribution in [1.82, 2.24) is 14.8 Å². The summed E-state index contributed by atoms with van der Waals surface area (Å²) in [5, 5.41) is 7.15. The van der Waals surface area contributed by atoms with E-state index in [1.54, 1.807) is 12.3 Å². The van der Waals surface area contributed by atoms with Gasteiger partial charge in [-0.3, -0.25) is 4.79 Å². The van der Waals surface area contributed by atoms with Gasteiger partial charge < -0.3 is 5.32 Å². The second-order valence-electron chi connectivity index (χ2n) is 5.34. The van der Waals surface area contributed by atoms with Crippen LogP contribution in [0.5, 0.6) is 0 Å². The highest BCUT2D eigenvalue weighted by Crippen LogP contribution is 2.10. The summed E-state index contributed by atoms with van der Waals surface area (Å²) in [6.07, 6.45) is 4.79. The van der Waals surface area contributed by atoms with E-state index in [1.807, 2.05) is 60.3 Å². The van der Waals surface area contributed by atoms with Crippen molar-refractivity contribution in [3.05, 3.63) is 72.2 Å². The molecule has 0 atom stereocenters. The zero-order valence-electron chi connectivity index (χ0n) is 12.9. The van der Waals surface area contributed by atoms with E-state index in [0.29, 0.717) is 18.7 Å². The molecule has 0 aliphatic carbocycles. The van der Waals surface area contributed by atoms with E-state index in [1.165, 1.54) is 0 Å². The Balaban J connectivity index is 1.56. The van der Waals surface area contributed by atoms with Crippen molar-refractivity contribution >= 4 is 11.7 Å². The predicted molar refractivity (Wildman–Crippen MR) is 89.5 cm³/mol. The van der Waals surface area contributed by atoms with Crippen molar-refractivity contribution in [2.75, 3.05) is 5.32 Å². The summed E-state index contributed by atoms with van der Waals surface area (Å²) < 4.78 is 1.81. The van der Waals surface area contributed by atoms with Gasteiger partial charge in [0.2, 0.25) is 5.91 Å². The third-order valence-electron chi connectivity index (χ3n) is 3.45. The number of aromatic nitrogens is 3. The number of aryl methyl sites for hydroxylation is 2. The molecule has 1 amide bonds. The minimum atomic E-state index is -0.0458. The van der Waals surface area contributed by atoms with Crippen LogP contribution in [-0.2, 0) is 11.2 Å². The molecule has 5 nitrogen and oxygen atoms in total. The maximum atomic E-state index is 12.0. The normalized spacial score (nSPS) is 10.5. The number of pyridine rings is 1. The van der Waals surface area contributed by atoms with Gasteiger partial charge in [-0.2, -0.15) is 5.10 Å². The number of anilines is 1. The first-order valence-corrected chi connectivity index (χ1v) is 7.53. The maximum absolute atomic E-state index is 12.0. The van der Waals surface area contributed by atoms with Gasteiger partial charge in [-0.25, -0.2) is 9.67 Å². The topological polar surface area (TPSA) is 59.8 Å². The van der Waals surface area contributed by atoms with E-state index in [4.69, 9.17) is 0 Å². The molecule has 0 aliphatic rings. The highest BCUT2D eigenvalue weighted by molar-refractivity contribution is 5.89. The van der Waals surface area contributed by atoms with Crippen LogP contribution >= 0.6 is 0 Å². The predicted octanol–water partition coefficient (Wildman–Crippen LogP) is 3.15. The van der Waals surface area contributed by atoms with Crippen LogP contribution in [0.2, 0.25) is 0 Å². The Morgan fingerprint density at radius 1 is 1.13 bits per heavy atom. The molecule has 0 aliphatic heterocycles. The molecule has 0 saturated carbocycles. The van der Waals surface area contributed by atoms with Gasteiger partial charge in [0.15, 0.2) is 0 Å². The molecule has 116 valence electrons. The standard InChI is InChI=1S/C18H18N4O/c1-14-6-5-9-17(20-14)21-18(23)11-10-15-12-19-22(13-15)16-7-3-2-4-8-16/h2-9,12-13H,10-11H2,1H3,(H,20,21,23). The Labute approximate surface area is 135 Å². The van der Waals surface area contributed by atoms with Gasteiger partial charge in [0.1, 0.15) is 5.82 Å². The lowest BCUT2D eigenvalue weighted by Crippen LogP contribution is -2.13. The zero-order valence-corrected chi connectivity index (χ0v) is 12.9. The van der Waals surface area contributed by atoms with Crippen molar-refractivity contribution in [2.24, 2.45) is 0 Å². The third-order valence-corrected chi connectivity index (χ3v) is 3.45. The van der Waals surface area contributed by atoms with Crippen molar-refractivity contribution < 1.29 is 4.79 Å². The first-order valence-electron chi connectivity index (χ1n) is 7.53. The molecular formula is C18H18N4O. The molecule has 23 heavy (non-hydrogen) atoms. The van der Waals surface area contributed by atoms with Gasteiger partial charge >= 0.3 is 0 Å². The van der Waals surface area contributed by atoms with Gasteiger partial charge in [-0.05, 0) is 43.2 Å². The minimum absolute atomic E-state index is 0.0458. The second kappa shape index (κ2) is 6.87. The van der Waals surface area contributed by atoms with Gasteiger partial charge in [0.05, 0.1) is 11.9 Å². The highest BCUT2D eigenvalue weighted by Gasteiger charge is 2.06. The number of nitrogens with zero attached hydrogens (tertiary/aromatic N) is 3. The lowest BCUT2D eigenvalue weighted by molar-refractivity contribution is -0.116. The molecule has 2 heterocycles. The van der Waals surface area contributed by atoms with Crippen LogP contribution in [0.1, 0.15) is 17.7 Å². The van der Waals surface area contributed by atoms with Crippen molar-refractivity contribution in [2.45, 2.75) is 19.8 Å². The number of rotatable bonds is 5. The van der Waals surface area contributed by atoms with Crippen molar-refractivity contribution in [3.63, 3.8) is 0 Å². The molecule has 0 unspecified atom stereocenters. The monoisotopic (exact) mass is 306 g/mol. The lowest BCUT2D eigenvalue weighted by Gasteiger charge is -2.04. The van der Waals surface area contributed by atoms with E-state index in [0.717, 1.165) is 16.9 Å². The fraction of sp³-hybridized carbons (Fsp3) is 0.167. The molecule has 2 aromatic heterocycles. The fourth-order valence-electron chi connectivity index (χ4n) is 2.29. The molecule has 0 fully saturated rings. The zero-order chi connectivity index (χ0) is 16.1. The number of hydrogen-bond donors (Lipinski definition) is 1. The fourth-order valence-corrected chi connectivity index (χ4v) is 2.29. The van der Waals surface area contributed by atoms with Crippen molar-refractivity contribution in [1.29, 1.82) is 0 Å². The van der Waals surface area contributed by atoms with Crippen LogP contribution in [0, 0.1) is 6.92 Å². The molecule has 3 aromatic rings. The van der Waals surface area contributed by atoms with Crippen LogP contribution in [-0.4, -0.2) is 20.7 Å². The number of para-hydroxylation sites is 1. The van der Waals surface area contributed by atoms with Gasteiger partial charge in [0, 0.05) is 18.3 Å². The summed E-state index contributed by atoms with van der Waals surface area (Å²) in [5.41, 5.74) is 2.92. The molecule has 0 bridgehead atoms. The number of amides is 1. The average Bonchev–Trinajstić information content (AvgIpc) is 3.03. The lowest BCUT2D eigenvalue weighted by atomic mass is 10.2. The first-order chi connectivity index (χ1) is 11.2. The van der Waals surface area contributed by atoms with Crippen LogP contribution in [0.25, 0.3) is 5.69 Å². The number of benzene rings is 1. The second-order valence-corrected chi connectivity index (χ2v) is 5.34. The third kappa shape index (κ3) is 4.03. The van der Waals surface area contributed by atoms with E-state index in [9.17, 15) is 4.79 Å². The van der Waals surface area contributed by atoms with Crippen molar-refractivity contribution in [3.8, 4) is 5.69 Å². The summed E-state index contributed by atoms with van der Waals surface area (Å²) in [5.74, 6) is 0.547. The number of carbonyl (C=O) groups excluding carboxylic acids is 1. The summed E-state index contributed by atoms with van der Waals surface area (Å²) in [6, 6.07) is 15.5. The molecule has 1 N–H and O–H groups in total. The maximum Gasteiger partial charge on any atom is 0.225 e. The van der Waals surface area contributed by atoms with E-state index in [2.05, 4.69) is 15.4 Å². The van der Waals surface area contributed by atoms with Gasteiger partial charge in [-0.1, -0.05) is 24.3 Å². The average molecular weight is 306 g/mol. The summed E-state index contributed by atoms with van der Waals surface area (Å²) >= 11 is 0. The van der Waals surface area contributed by atoms with Gasteiger partial charge in [0.25, 0.3) is 0 Å². The number of hydrogen-bond acceptors (Lipinski definition) is 3. The number of nitrogens with one attached hydrogen (secondary N) is 1. The molecule has 5 heteroatoms. The molecule has 0 saturated heterocycles. The Morgan fingerprint density at radius 3 is 2.74 bits per heavy atom. The van der Waals surface area contributed by atoms with E-state index >= 15 is 0 Å². The minimum Gasteiger partial charge on any atom is -0.311 e. The quantitative estimate of drug-likeness (QED) is 0.787. The van der Waals surface area contributed by atoms with E-state index < -0.39 is 0 Å². The summed E-state index contributed by atoms with van der Waals surface area (Å²) in [4.78, 5) is 16.3. The smallest absolute Gasteiger partial charge is 0.225 e. The Kier molecular flexibility index (Phi) is 4.47. The van der Waals surface area contributed by atoms with Crippen LogP contribution in [0.3, 0.4) is 0 Å². The Bertz CT molecular complexity index is 796. The van der Waals surface area contributed by atoms with Crippen LogP contribution in [0.15, 0.2) is 60.9 Å². The number of carbonyl (C=O) groups is 1. The Morgan fingerprint density at radius 2 is 1.96 bits per heavy atom. The Hall–Kier alpha value is -2.95. The molecule has 0 spiro atoms. The van der Waals surface area contributed by atoms with Gasteiger partial charge in [-0.15, -0.1) is 0 Å². The summed E-state index contributed by atoms with van der Waals surface area (Å²) in [6.45, 7) is 1.90. The molecule has 1 aromatic carbocycles. The highest BCUT2D eigenvalue weighted by atomic mass is 16.1. The van der Waals surface area contributed by atoms with Crippen LogP contribution < -0.4 is 5.32 Å². The SMILES string of the molecule is Cc1cccc(NC(=O)CCc2cnn(-c3ccccc3)c2)n1. The van der Waals surface area contributed by atoms with Crippen LogP contribution in [0.4, 0.5) is 5.82 Å². The summed E-state index contributed by atoms with van der Waals surface area (Å²) in [7, 11) is 0. The largest absolute Gasteiger partial charge is 0.311 e. The molecular weight excluding hydrogens is 288 g/mol. The first kappa shape index (κ1) is 15.0. The molecule has 0 radical (unpaired) electrons. The van der Waals surface area contributed by atoms with E-state index in [-0.39, 0.29) is 5.91 Å².